The molecule has 0 aromatic carbocycles. The molecule has 8 heteroatoms. The van der Waals surface area contributed by atoms with Gasteiger partial charge in [0.2, 0.25) is 15.0 Å². The molecule has 5 nitrogen and oxygen atoms in total. The molecule has 1 saturated heterocycles. The SMILES string of the molecule is Cl.O=S(=O)(c1ncc(Cl)cn1)C1CCNCC1. The molecule has 17 heavy (non-hydrogen) atoms. The molecule has 0 spiro atoms. The van der Waals surface area contributed by atoms with Gasteiger partial charge in [0.25, 0.3) is 0 Å². The first-order valence-corrected chi connectivity index (χ1v) is 6.95. The fraction of sp³-hybridized carbons (Fsp3) is 0.556. The second kappa shape index (κ2) is 5.95. The molecule has 1 aliphatic rings. The predicted octanol–water partition coefficient (Wildman–Crippen LogP) is 1.08. The van der Waals surface area contributed by atoms with Gasteiger partial charge in [0, 0.05) is 0 Å². The average Bonchev–Trinajstić information content (AvgIpc) is 2.31. The number of nitrogens with zero attached hydrogens (tertiary/aromatic N) is 2. The standard InChI is InChI=1S/C9H12ClN3O2S.ClH/c10-7-5-12-9(13-6-7)16(14,15)8-1-3-11-4-2-8;/h5-6,8,11H,1-4H2;1H. The van der Waals surface area contributed by atoms with Crippen LogP contribution in [0.2, 0.25) is 5.02 Å². The van der Waals surface area contributed by atoms with Crippen molar-refractivity contribution in [1.29, 1.82) is 0 Å². The normalized spacial score (nSPS) is 17.5. The number of hydrogen-bond donors (Lipinski definition) is 1. The first kappa shape index (κ1) is 14.6. The van der Waals surface area contributed by atoms with Crippen LogP contribution in [0.3, 0.4) is 0 Å². The fourth-order valence-electron chi connectivity index (χ4n) is 1.70. The van der Waals surface area contributed by atoms with Crippen molar-refractivity contribution in [2.75, 3.05) is 13.1 Å². The van der Waals surface area contributed by atoms with E-state index in [9.17, 15) is 8.42 Å². The molecule has 0 amide bonds. The van der Waals surface area contributed by atoms with E-state index in [1.54, 1.807) is 0 Å². The van der Waals surface area contributed by atoms with Crippen molar-refractivity contribution in [2.45, 2.75) is 23.2 Å². The zero-order valence-electron chi connectivity index (χ0n) is 8.97. The second-order valence-electron chi connectivity index (χ2n) is 3.68. The lowest BCUT2D eigenvalue weighted by atomic mass is 10.2. The van der Waals surface area contributed by atoms with E-state index in [2.05, 4.69) is 15.3 Å². The predicted molar refractivity (Wildman–Crippen MR) is 67.4 cm³/mol. The Bertz CT molecular complexity index is 458. The van der Waals surface area contributed by atoms with Crippen molar-refractivity contribution in [3.8, 4) is 0 Å². The summed E-state index contributed by atoms with van der Waals surface area (Å²) in [5.74, 6) is 0. The Morgan fingerprint density at radius 3 is 2.29 bits per heavy atom. The summed E-state index contributed by atoms with van der Waals surface area (Å²) < 4.78 is 24.2. The molecule has 1 aromatic rings. The lowest BCUT2D eigenvalue weighted by molar-refractivity contribution is 0.492. The highest BCUT2D eigenvalue weighted by Gasteiger charge is 2.30. The highest BCUT2D eigenvalue weighted by atomic mass is 35.5. The molecule has 1 aromatic heterocycles. The van der Waals surface area contributed by atoms with Gasteiger partial charge in [-0.1, -0.05) is 11.6 Å². The van der Waals surface area contributed by atoms with Crippen molar-refractivity contribution >= 4 is 33.8 Å². The van der Waals surface area contributed by atoms with Crippen LogP contribution in [0.1, 0.15) is 12.8 Å². The summed E-state index contributed by atoms with van der Waals surface area (Å²) in [6.45, 7) is 1.44. The van der Waals surface area contributed by atoms with Gasteiger partial charge in [-0.3, -0.25) is 0 Å². The van der Waals surface area contributed by atoms with Crippen LogP contribution < -0.4 is 5.32 Å². The third-order valence-corrected chi connectivity index (χ3v) is 4.84. The lowest BCUT2D eigenvalue weighted by Crippen LogP contribution is -2.36. The minimum absolute atomic E-state index is 0. The van der Waals surface area contributed by atoms with E-state index in [0.717, 1.165) is 13.1 Å². The van der Waals surface area contributed by atoms with Gasteiger partial charge in [-0.15, -0.1) is 12.4 Å². The maximum atomic E-state index is 12.1. The number of hydrogen-bond acceptors (Lipinski definition) is 5. The Balaban J connectivity index is 0.00000144. The van der Waals surface area contributed by atoms with Crippen LogP contribution in [-0.4, -0.2) is 36.7 Å². The van der Waals surface area contributed by atoms with Gasteiger partial charge in [0.05, 0.1) is 22.7 Å². The molecule has 0 bridgehead atoms. The van der Waals surface area contributed by atoms with E-state index in [1.165, 1.54) is 12.4 Å². The Morgan fingerprint density at radius 2 is 1.76 bits per heavy atom. The minimum Gasteiger partial charge on any atom is -0.317 e. The molecule has 1 aliphatic heterocycles. The summed E-state index contributed by atoms with van der Waals surface area (Å²) in [6.07, 6.45) is 3.83. The quantitative estimate of drug-likeness (QED) is 0.827. The maximum Gasteiger partial charge on any atom is 0.247 e. The largest absolute Gasteiger partial charge is 0.317 e. The molecular formula is C9H13Cl2N3O2S. The first-order valence-electron chi connectivity index (χ1n) is 5.03. The summed E-state index contributed by atoms with van der Waals surface area (Å²) in [7, 11) is -3.40. The average molecular weight is 298 g/mol. The molecule has 1 fully saturated rings. The minimum atomic E-state index is -3.40. The van der Waals surface area contributed by atoms with Gasteiger partial charge in [-0.25, -0.2) is 18.4 Å². The van der Waals surface area contributed by atoms with Crippen LogP contribution >= 0.6 is 24.0 Å². The number of halogens is 2. The van der Waals surface area contributed by atoms with E-state index >= 15 is 0 Å². The lowest BCUT2D eigenvalue weighted by Gasteiger charge is -2.21. The van der Waals surface area contributed by atoms with Crippen LogP contribution in [0, 0.1) is 0 Å². The van der Waals surface area contributed by atoms with Crippen LogP contribution in [0.25, 0.3) is 0 Å². The van der Waals surface area contributed by atoms with Gasteiger partial charge in [0.1, 0.15) is 0 Å². The molecular weight excluding hydrogens is 285 g/mol. The monoisotopic (exact) mass is 297 g/mol. The summed E-state index contributed by atoms with van der Waals surface area (Å²) in [6, 6.07) is 0. The van der Waals surface area contributed by atoms with Gasteiger partial charge in [-0.05, 0) is 25.9 Å². The number of piperidine rings is 1. The van der Waals surface area contributed by atoms with Crippen molar-refractivity contribution in [1.82, 2.24) is 15.3 Å². The second-order valence-corrected chi connectivity index (χ2v) is 6.24. The molecule has 0 saturated carbocycles. The van der Waals surface area contributed by atoms with Crippen molar-refractivity contribution in [3.63, 3.8) is 0 Å². The molecule has 96 valence electrons. The van der Waals surface area contributed by atoms with E-state index in [1.807, 2.05) is 0 Å². The Labute approximate surface area is 111 Å². The van der Waals surface area contributed by atoms with E-state index < -0.39 is 9.84 Å². The summed E-state index contributed by atoms with van der Waals surface area (Å²) in [5, 5.41) is 2.96. The zero-order chi connectivity index (χ0) is 11.6. The smallest absolute Gasteiger partial charge is 0.247 e. The number of aromatic nitrogens is 2. The summed E-state index contributed by atoms with van der Waals surface area (Å²) in [5.41, 5.74) is 0. The molecule has 0 aliphatic carbocycles. The van der Waals surface area contributed by atoms with Crippen molar-refractivity contribution in [3.05, 3.63) is 17.4 Å². The summed E-state index contributed by atoms with van der Waals surface area (Å²) >= 11 is 5.62. The van der Waals surface area contributed by atoms with Crippen molar-refractivity contribution < 1.29 is 8.42 Å². The van der Waals surface area contributed by atoms with Gasteiger partial charge in [0.15, 0.2) is 0 Å². The fourth-order valence-corrected chi connectivity index (χ4v) is 3.35. The Hall–Kier alpha value is -0.430. The molecule has 2 rings (SSSR count). The van der Waals surface area contributed by atoms with Crippen LogP contribution in [0.5, 0.6) is 0 Å². The molecule has 0 unspecified atom stereocenters. The molecule has 0 radical (unpaired) electrons. The third-order valence-electron chi connectivity index (χ3n) is 2.58. The third kappa shape index (κ3) is 3.28. The van der Waals surface area contributed by atoms with E-state index in [0.29, 0.717) is 17.9 Å². The number of nitrogens with one attached hydrogen (secondary N) is 1. The topological polar surface area (TPSA) is 72.0 Å². The zero-order valence-corrected chi connectivity index (χ0v) is 11.4. The van der Waals surface area contributed by atoms with Crippen molar-refractivity contribution in [2.24, 2.45) is 0 Å². The molecule has 2 heterocycles. The van der Waals surface area contributed by atoms with Crippen LogP contribution in [-0.2, 0) is 9.84 Å². The molecule has 0 atom stereocenters. The summed E-state index contributed by atoms with van der Waals surface area (Å²) in [4.78, 5) is 7.55. The maximum absolute atomic E-state index is 12.1. The van der Waals surface area contributed by atoms with Crippen LogP contribution in [0.4, 0.5) is 0 Å². The van der Waals surface area contributed by atoms with Gasteiger partial charge in [-0.2, -0.15) is 0 Å². The highest BCUT2D eigenvalue weighted by Crippen LogP contribution is 2.19. The Kier molecular flexibility index (Phi) is 5.12. The highest BCUT2D eigenvalue weighted by molar-refractivity contribution is 7.91. The number of rotatable bonds is 2. The van der Waals surface area contributed by atoms with Gasteiger partial charge >= 0.3 is 0 Å². The molecule has 1 N–H and O–H groups in total. The van der Waals surface area contributed by atoms with Gasteiger partial charge < -0.3 is 5.32 Å². The van der Waals surface area contributed by atoms with Crippen LogP contribution in [0.15, 0.2) is 17.6 Å². The van der Waals surface area contributed by atoms with E-state index in [-0.39, 0.29) is 22.8 Å². The first-order chi connectivity index (χ1) is 7.60. The Morgan fingerprint density at radius 1 is 1.24 bits per heavy atom. The number of sulfone groups is 1. The van der Waals surface area contributed by atoms with E-state index in [4.69, 9.17) is 11.6 Å².